The van der Waals surface area contributed by atoms with Crippen molar-refractivity contribution in [2.75, 3.05) is 0 Å². The minimum absolute atomic E-state index is 0. The van der Waals surface area contributed by atoms with Crippen LogP contribution in [-0.4, -0.2) is 0 Å². The molecule has 1 heteroatoms. The van der Waals surface area contributed by atoms with Gasteiger partial charge in [0.15, 0.2) is 0 Å². The minimum Gasteiger partial charge on any atom is -0.358 e. The second-order valence-corrected chi connectivity index (χ2v) is 9.86. The van der Waals surface area contributed by atoms with Gasteiger partial charge in [-0.15, -0.1) is 34.5 Å². The molecule has 0 saturated heterocycles. The quantitative estimate of drug-likeness (QED) is 0.199. The second kappa shape index (κ2) is 13.2. The van der Waals surface area contributed by atoms with Crippen LogP contribution in [0.15, 0.2) is 24.3 Å². The Morgan fingerprint density at radius 1 is 0.848 bits per heavy atom. The summed E-state index contributed by atoms with van der Waals surface area (Å²) in [6, 6.07) is 9.68. The molecule has 180 valence electrons. The van der Waals surface area contributed by atoms with E-state index in [0.717, 1.165) is 0 Å². The number of benzene rings is 1. The van der Waals surface area contributed by atoms with Crippen molar-refractivity contribution in [1.29, 1.82) is 0 Å². The predicted molar refractivity (Wildman–Crippen MR) is 147 cm³/mol. The van der Waals surface area contributed by atoms with Crippen LogP contribution in [0.25, 0.3) is 10.8 Å². The van der Waals surface area contributed by atoms with Crippen LogP contribution >= 0.6 is 0 Å². The molecule has 1 aliphatic rings. The third-order valence-corrected chi connectivity index (χ3v) is 8.42. The maximum Gasteiger partial charge on any atom is 4.00 e. The summed E-state index contributed by atoms with van der Waals surface area (Å²) in [4.78, 5) is 0. The third kappa shape index (κ3) is 6.39. The van der Waals surface area contributed by atoms with E-state index in [9.17, 15) is 0 Å². The molecule has 0 aliphatic heterocycles. The Labute approximate surface area is 225 Å². The Hall–Kier alpha value is -0.950. The molecule has 0 heterocycles. The van der Waals surface area contributed by atoms with Crippen molar-refractivity contribution in [3.63, 3.8) is 0 Å². The normalized spacial score (nSPS) is 13.3. The van der Waals surface area contributed by atoms with Gasteiger partial charge in [-0.05, 0) is 31.1 Å². The van der Waals surface area contributed by atoms with Crippen LogP contribution in [0.3, 0.4) is 0 Å². The number of hydrogen-bond acceptors (Lipinski definition) is 0. The summed E-state index contributed by atoms with van der Waals surface area (Å²) in [6.07, 6.45) is 9.04. The van der Waals surface area contributed by atoms with Gasteiger partial charge >= 0.3 is 25.8 Å². The molecular weight excluding hydrogens is 563 g/mol. The van der Waals surface area contributed by atoms with E-state index in [4.69, 9.17) is 0 Å². The summed E-state index contributed by atoms with van der Waals surface area (Å²) in [5, 5.41) is 3.00. The molecular formula is C32H48Hf. The van der Waals surface area contributed by atoms with Crippen LogP contribution < -0.4 is 0 Å². The fourth-order valence-electron chi connectivity index (χ4n) is 5.35. The van der Waals surface area contributed by atoms with Gasteiger partial charge in [0, 0.05) is 0 Å². The van der Waals surface area contributed by atoms with Crippen LogP contribution in [0.5, 0.6) is 0 Å². The van der Waals surface area contributed by atoms with E-state index < -0.39 is 0 Å². The standard InChI is InChI=1S/C20H27.C10H15.2CH3.Hf/c1-4-7-8-15-9-10-16-11-17-13-20(5-2,6-3)14-18(17)12-19(15)16;1-6-7(2)9(4)10(5)8(6)3;;;/h9-12H,4-8,13-14H2,1-3H3;1-5H3;2*1H3;/q4*-1;+4. The van der Waals surface area contributed by atoms with Crippen molar-refractivity contribution in [3.8, 4) is 0 Å². The third-order valence-electron chi connectivity index (χ3n) is 8.42. The molecule has 0 unspecified atom stereocenters. The molecule has 3 aromatic carbocycles. The predicted octanol–water partition coefficient (Wildman–Crippen LogP) is 9.65. The Kier molecular flexibility index (Phi) is 12.8. The zero-order chi connectivity index (χ0) is 22.1. The first-order valence-corrected chi connectivity index (χ1v) is 12.2. The summed E-state index contributed by atoms with van der Waals surface area (Å²) >= 11 is 0. The van der Waals surface area contributed by atoms with Crippen LogP contribution in [0, 0.1) is 54.9 Å². The van der Waals surface area contributed by atoms with Crippen LogP contribution in [0.2, 0.25) is 0 Å². The Morgan fingerprint density at radius 3 is 1.79 bits per heavy atom. The van der Waals surface area contributed by atoms with E-state index in [1.807, 2.05) is 0 Å². The zero-order valence-electron chi connectivity index (χ0n) is 23.3. The molecule has 0 spiro atoms. The Balaban J connectivity index is 0.000000681. The first-order chi connectivity index (χ1) is 14.3. The van der Waals surface area contributed by atoms with Gasteiger partial charge in [0.1, 0.15) is 0 Å². The fraction of sp³-hybridized carbons (Fsp3) is 0.500. The maximum absolute atomic E-state index is 2.52. The van der Waals surface area contributed by atoms with E-state index in [1.165, 1.54) is 83.5 Å². The van der Waals surface area contributed by atoms with E-state index in [0.29, 0.717) is 5.41 Å². The molecule has 1 aliphatic carbocycles. The molecule has 0 atom stereocenters. The minimum atomic E-state index is 0. The summed E-state index contributed by atoms with van der Waals surface area (Å²) in [5.74, 6) is 0. The van der Waals surface area contributed by atoms with Crippen molar-refractivity contribution in [2.24, 2.45) is 5.41 Å². The topological polar surface area (TPSA) is 0 Å². The van der Waals surface area contributed by atoms with Gasteiger partial charge < -0.3 is 14.9 Å². The largest absolute Gasteiger partial charge is 4.00 e. The van der Waals surface area contributed by atoms with Gasteiger partial charge in [-0.25, -0.2) is 0 Å². The molecule has 0 bridgehead atoms. The van der Waals surface area contributed by atoms with Crippen LogP contribution in [-0.2, 0) is 45.1 Å². The van der Waals surface area contributed by atoms with Gasteiger partial charge in [-0.3, -0.25) is 0 Å². The van der Waals surface area contributed by atoms with Gasteiger partial charge in [0.25, 0.3) is 0 Å². The monoisotopic (exact) mass is 612 g/mol. The number of unbranched alkanes of at least 4 members (excludes halogenated alkanes) is 1. The molecule has 0 fully saturated rings. The Bertz CT molecular complexity index is 927. The van der Waals surface area contributed by atoms with Crippen molar-refractivity contribution >= 4 is 10.8 Å². The summed E-state index contributed by atoms with van der Waals surface area (Å²) < 4.78 is 0. The van der Waals surface area contributed by atoms with E-state index in [-0.39, 0.29) is 40.7 Å². The van der Waals surface area contributed by atoms with Crippen molar-refractivity contribution < 1.29 is 25.8 Å². The number of fused-ring (bicyclic) bond motifs is 2. The van der Waals surface area contributed by atoms with Gasteiger partial charge in [0.05, 0.1) is 0 Å². The Morgan fingerprint density at radius 2 is 1.36 bits per heavy atom. The SMILES string of the molecule is CCCC[c-]1ccc2cc3c(cc21)CC(CC)(CC)C3.Cc1c(C)c(C)[c-](C)c1C.[CH3-].[CH3-].[Hf+4]. The van der Waals surface area contributed by atoms with E-state index in [2.05, 4.69) is 79.7 Å². The molecule has 33 heavy (non-hydrogen) atoms. The van der Waals surface area contributed by atoms with Crippen molar-refractivity contribution in [3.05, 3.63) is 83.6 Å². The fourth-order valence-corrected chi connectivity index (χ4v) is 5.35. The van der Waals surface area contributed by atoms with Gasteiger partial charge in [-0.1, -0.05) is 85.8 Å². The number of rotatable bonds is 5. The van der Waals surface area contributed by atoms with Crippen molar-refractivity contribution in [2.45, 2.75) is 100 Å². The maximum atomic E-state index is 2.52. The first-order valence-electron chi connectivity index (χ1n) is 12.2. The molecule has 0 N–H and O–H groups in total. The first kappa shape index (κ1) is 32.1. The average Bonchev–Trinajstić information content (AvgIpc) is 3.38. The molecule has 4 rings (SSSR count). The van der Waals surface area contributed by atoms with Crippen molar-refractivity contribution in [1.82, 2.24) is 0 Å². The smallest absolute Gasteiger partial charge is 0.358 e. The van der Waals surface area contributed by atoms with Gasteiger partial charge in [0.2, 0.25) is 0 Å². The molecule has 0 aromatic heterocycles. The average molecular weight is 611 g/mol. The summed E-state index contributed by atoms with van der Waals surface area (Å²) in [7, 11) is 0. The van der Waals surface area contributed by atoms with E-state index in [1.54, 1.807) is 16.7 Å². The zero-order valence-corrected chi connectivity index (χ0v) is 26.9. The molecule has 0 amide bonds. The van der Waals surface area contributed by atoms with E-state index >= 15 is 0 Å². The number of hydrogen-bond donors (Lipinski definition) is 0. The second-order valence-electron chi connectivity index (χ2n) is 9.86. The summed E-state index contributed by atoms with van der Waals surface area (Å²) in [6.45, 7) is 18.0. The molecule has 0 radical (unpaired) electrons. The van der Waals surface area contributed by atoms with Gasteiger partial charge in [-0.2, -0.15) is 33.9 Å². The molecule has 3 aromatic rings. The molecule has 0 saturated carbocycles. The van der Waals surface area contributed by atoms with Crippen LogP contribution in [0.1, 0.15) is 91.0 Å². The number of aryl methyl sites for hydroxylation is 1. The summed E-state index contributed by atoms with van der Waals surface area (Å²) in [5.41, 5.74) is 12.7. The molecule has 0 nitrogen and oxygen atoms in total. The van der Waals surface area contributed by atoms with Crippen LogP contribution in [0.4, 0.5) is 0 Å².